The first kappa shape index (κ1) is 23.0. The molecule has 0 aromatic carbocycles. The Labute approximate surface area is 190 Å². The number of aromatic nitrogens is 4. The van der Waals surface area contributed by atoms with Crippen molar-refractivity contribution in [3.05, 3.63) is 35.5 Å². The van der Waals surface area contributed by atoms with Crippen LogP contribution in [0.5, 0.6) is 0 Å². The highest BCUT2D eigenvalue weighted by Crippen LogP contribution is 2.28. The van der Waals surface area contributed by atoms with Crippen LogP contribution < -0.4 is 10.6 Å². The Morgan fingerprint density at radius 1 is 1.27 bits per heavy atom. The number of alkyl halides is 3. The minimum absolute atomic E-state index is 0.0782. The van der Waals surface area contributed by atoms with E-state index in [0.717, 1.165) is 12.6 Å². The summed E-state index contributed by atoms with van der Waals surface area (Å²) < 4.78 is 51.8. The number of fused-ring (bicyclic) bond motifs is 1. The lowest BCUT2D eigenvalue weighted by Crippen LogP contribution is -2.52. The van der Waals surface area contributed by atoms with E-state index in [0.29, 0.717) is 41.0 Å². The number of aromatic amines is 1. The van der Waals surface area contributed by atoms with Crippen LogP contribution in [0.15, 0.2) is 24.7 Å². The average Bonchev–Trinajstić information content (AvgIpc) is 3.19. The minimum Gasteiger partial charge on any atom is -0.365 e. The maximum absolute atomic E-state index is 14.4. The van der Waals surface area contributed by atoms with Gasteiger partial charge in [0, 0.05) is 36.4 Å². The lowest BCUT2D eigenvalue weighted by atomic mass is 10.0. The Morgan fingerprint density at radius 2 is 2.09 bits per heavy atom. The first-order valence-electron chi connectivity index (χ1n) is 10.2. The van der Waals surface area contributed by atoms with Crippen LogP contribution >= 0.6 is 11.6 Å². The number of nitrogens with one attached hydrogen (secondary N) is 3. The number of halogens is 5. The van der Waals surface area contributed by atoms with Gasteiger partial charge in [-0.2, -0.15) is 13.2 Å². The molecule has 0 aliphatic carbocycles. The van der Waals surface area contributed by atoms with Crippen molar-refractivity contribution >= 4 is 34.5 Å². The van der Waals surface area contributed by atoms with Crippen molar-refractivity contribution < 1.29 is 22.4 Å². The molecule has 3 aromatic heterocycles. The molecule has 1 aliphatic rings. The molecule has 4 rings (SSSR count). The molecular weight excluding hydrogens is 466 g/mol. The van der Waals surface area contributed by atoms with Gasteiger partial charge in [-0.25, -0.2) is 24.1 Å². The zero-order valence-corrected chi connectivity index (χ0v) is 18.0. The zero-order valence-electron chi connectivity index (χ0n) is 17.2. The number of rotatable bonds is 5. The summed E-state index contributed by atoms with van der Waals surface area (Å²) in [5, 5.41) is 5.86. The van der Waals surface area contributed by atoms with Crippen molar-refractivity contribution in [2.45, 2.75) is 31.5 Å². The molecular formula is C20H20ClF4N7O. The van der Waals surface area contributed by atoms with E-state index in [9.17, 15) is 22.4 Å². The van der Waals surface area contributed by atoms with Gasteiger partial charge in [0.1, 0.15) is 12.2 Å². The van der Waals surface area contributed by atoms with Crippen molar-refractivity contribution in [3.63, 3.8) is 0 Å². The summed E-state index contributed by atoms with van der Waals surface area (Å²) in [6, 6.07) is 0.474. The van der Waals surface area contributed by atoms with E-state index >= 15 is 0 Å². The molecule has 8 nitrogen and oxygen atoms in total. The molecule has 0 radical (unpaired) electrons. The summed E-state index contributed by atoms with van der Waals surface area (Å²) in [7, 11) is 0. The number of urea groups is 1. The van der Waals surface area contributed by atoms with Crippen molar-refractivity contribution in [2.24, 2.45) is 0 Å². The third-order valence-electron chi connectivity index (χ3n) is 5.32. The largest absolute Gasteiger partial charge is 0.405 e. The van der Waals surface area contributed by atoms with Gasteiger partial charge in [0.2, 0.25) is 0 Å². The first-order chi connectivity index (χ1) is 15.7. The van der Waals surface area contributed by atoms with E-state index in [4.69, 9.17) is 11.6 Å². The number of anilines is 1. The number of hydrogen-bond donors (Lipinski definition) is 3. The molecule has 1 fully saturated rings. The number of piperidine rings is 1. The fraction of sp³-hybridized carbons (Fsp3) is 0.400. The smallest absolute Gasteiger partial charge is 0.365 e. The third kappa shape index (κ3) is 5.44. The van der Waals surface area contributed by atoms with E-state index in [1.807, 2.05) is 5.32 Å². The van der Waals surface area contributed by atoms with Crippen molar-refractivity contribution in [1.82, 2.24) is 30.2 Å². The Bertz CT molecular complexity index is 1150. The maximum atomic E-state index is 14.4. The molecule has 33 heavy (non-hydrogen) atoms. The van der Waals surface area contributed by atoms with Gasteiger partial charge in [0.15, 0.2) is 17.5 Å². The summed E-state index contributed by atoms with van der Waals surface area (Å²) in [5.74, 6) is -0.540. The highest BCUT2D eigenvalue weighted by Gasteiger charge is 2.32. The maximum Gasteiger partial charge on any atom is 0.405 e. The second kappa shape index (κ2) is 9.38. The molecule has 1 atom stereocenters. The van der Waals surface area contributed by atoms with E-state index < -0.39 is 30.6 Å². The highest BCUT2D eigenvalue weighted by atomic mass is 35.5. The number of hydrogen-bond acceptors (Lipinski definition) is 5. The van der Waals surface area contributed by atoms with Crippen LogP contribution in [0.2, 0.25) is 5.02 Å². The first-order valence-corrected chi connectivity index (χ1v) is 10.6. The third-order valence-corrected chi connectivity index (χ3v) is 5.52. The Balaban J connectivity index is 1.49. The van der Waals surface area contributed by atoms with Crippen molar-refractivity contribution in [1.29, 1.82) is 0 Å². The van der Waals surface area contributed by atoms with Crippen molar-refractivity contribution in [2.75, 3.05) is 25.0 Å². The van der Waals surface area contributed by atoms with E-state index in [1.54, 1.807) is 12.3 Å². The van der Waals surface area contributed by atoms with Crippen LogP contribution in [-0.2, 0) is 0 Å². The van der Waals surface area contributed by atoms with Gasteiger partial charge >= 0.3 is 12.2 Å². The minimum atomic E-state index is -4.50. The molecule has 0 saturated carbocycles. The molecule has 0 bridgehead atoms. The van der Waals surface area contributed by atoms with Crippen LogP contribution in [0.25, 0.3) is 22.4 Å². The number of amides is 2. The number of pyridine rings is 1. The summed E-state index contributed by atoms with van der Waals surface area (Å²) in [5.41, 5.74) is 1.15. The average molecular weight is 486 g/mol. The fourth-order valence-corrected chi connectivity index (χ4v) is 3.91. The van der Waals surface area contributed by atoms with Gasteiger partial charge in [-0.3, -0.25) is 0 Å². The second-order valence-corrected chi connectivity index (χ2v) is 8.08. The summed E-state index contributed by atoms with van der Waals surface area (Å²) in [6.07, 6.45) is 1.70. The SMILES string of the molecule is O=C(NCC(F)(F)F)N1CCCC[C@@H]1CNc1nc(-c2c[nH]c3ncc(Cl)cc23)ncc1F. The number of H-pyrrole nitrogens is 1. The molecule has 2 amide bonds. The van der Waals surface area contributed by atoms with Crippen LogP contribution in [-0.4, -0.2) is 62.7 Å². The molecule has 13 heteroatoms. The highest BCUT2D eigenvalue weighted by molar-refractivity contribution is 6.31. The van der Waals surface area contributed by atoms with Crippen molar-refractivity contribution in [3.8, 4) is 11.4 Å². The predicted molar refractivity (Wildman–Crippen MR) is 114 cm³/mol. The van der Waals surface area contributed by atoms with Gasteiger partial charge in [0.05, 0.1) is 17.3 Å². The molecule has 176 valence electrons. The Hall–Kier alpha value is -3.15. The molecule has 3 N–H and O–H groups in total. The number of carbonyl (C=O) groups is 1. The topological polar surface area (TPSA) is 98.8 Å². The van der Waals surface area contributed by atoms with Gasteiger partial charge in [-0.05, 0) is 25.3 Å². The normalized spacial score (nSPS) is 16.8. The van der Waals surface area contributed by atoms with Gasteiger partial charge < -0.3 is 20.5 Å². The number of carbonyl (C=O) groups excluding carboxylic acids is 1. The number of nitrogens with zero attached hydrogens (tertiary/aromatic N) is 4. The van der Waals surface area contributed by atoms with Gasteiger partial charge in [-0.15, -0.1) is 0 Å². The van der Waals surface area contributed by atoms with Crippen LogP contribution in [0, 0.1) is 5.82 Å². The second-order valence-electron chi connectivity index (χ2n) is 7.64. The summed E-state index contributed by atoms with van der Waals surface area (Å²) >= 11 is 6.02. The lowest BCUT2D eigenvalue weighted by Gasteiger charge is -2.36. The lowest BCUT2D eigenvalue weighted by molar-refractivity contribution is -0.123. The molecule has 0 unspecified atom stereocenters. The molecule has 4 heterocycles. The monoisotopic (exact) mass is 485 g/mol. The summed E-state index contributed by atoms with van der Waals surface area (Å²) in [4.78, 5) is 29.1. The quantitative estimate of drug-likeness (QED) is 0.467. The molecule has 3 aromatic rings. The van der Waals surface area contributed by atoms with E-state index in [2.05, 4.69) is 25.3 Å². The molecule has 0 spiro atoms. The predicted octanol–water partition coefficient (Wildman–Crippen LogP) is 4.35. The Morgan fingerprint density at radius 3 is 2.88 bits per heavy atom. The molecule has 1 aliphatic heterocycles. The van der Waals surface area contributed by atoms with Crippen LogP contribution in [0.1, 0.15) is 19.3 Å². The Kier molecular flexibility index (Phi) is 6.54. The fourth-order valence-electron chi connectivity index (χ4n) is 3.76. The van der Waals surface area contributed by atoms with E-state index in [-0.39, 0.29) is 18.2 Å². The standard InChI is InChI=1S/C20H20ClF4N7O/c21-11-5-13-14(8-28-16(13)26-6-11)17-29-9-15(22)18(31-17)27-7-12-3-1-2-4-32(12)19(33)30-10-20(23,24)25/h5-6,8-9,12H,1-4,7,10H2,(H,26,28)(H,30,33)(H,27,29,31)/t12-/m1/s1. The molecule has 1 saturated heterocycles. The van der Waals surface area contributed by atoms with E-state index in [1.165, 1.54) is 11.1 Å². The summed E-state index contributed by atoms with van der Waals surface area (Å²) in [6.45, 7) is -0.972. The van der Waals surface area contributed by atoms with Gasteiger partial charge in [0.25, 0.3) is 0 Å². The zero-order chi connectivity index (χ0) is 23.6. The van der Waals surface area contributed by atoms with Crippen LogP contribution in [0.3, 0.4) is 0 Å². The van der Waals surface area contributed by atoms with Gasteiger partial charge in [-0.1, -0.05) is 11.6 Å². The van der Waals surface area contributed by atoms with Crippen LogP contribution in [0.4, 0.5) is 28.2 Å². The number of likely N-dealkylation sites (tertiary alicyclic amines) is 1.